The number of anilines is 1. The van der Waals surface area contributed by atoms with Gasteiger partial charge in [-0.25, -0.2) is 0 Å². The number of hydrogen-bond acceptors (Lipinski definition) is 6. The number of ether oxygens (including phenoxy) is 1. The molecule has 0 aliphatic carbocycles. The average molecular weight is 385 g/mol. The quantitative estimate of drug-likeness (QED) is 0.616. The first-order valence-corrected chi connectivity index (χ1v) is 9.62. The molecule has 8 nitrogen and oxygen atoms in total. The normalized spacial score (nSPS) is 22.9. The van der Waals surface area contributed by atoms with E-state index in [1.807, 2.05) is 18.2 Å². The Kier molecular flexibility index (Phi) is 4.78. The number of nitrogens with zero attached hydrogens (tertiary/aromatic N) is 2. The summed E-state index contributed by atoms with van der Waals surface area (Å²) in [4.78, 5) is 51.1. The van der Waals surface area contributed by atoms with E-state index in [1.54, 1.807) is 4.90 Å². The monoisotopic (exact) mass is 385 g/mol. The summed E-state index contributed by atoms with van der Waals surface area (Å²) >= 11 is 0. The van der Waals surface area contributed by atoms with E-state index in [-0.39, 0.29) is 30.3 Å². The van der Waals surface area contributed by atoms with Crippen LogP contribution in [0.1, 0.15) is 48.5 Å². The number of carbonyl (C=O) groups is 4. The minimum atomic E-state index is -0.597. The predicted octanol–water partition coefficient (Wildman–Crippen LogP) is 0.979. The molecule has 0 bridgehead atoms. The lowest BCUT2D eigenvalue weighted by Crippen LogP contribution is -2.52. The first kappa shape index (κ1) is 18.5. The molecule has 1 aromatic carbocycles. The number of amides is 3. The van der Waals surface area contributed by atoms with Crippen LogP contribution in [-0.2, 0) is 25.7 Å². The molecule has 8 heteroatoms. The number of hydrogen-bond donors (Lipinski definition) is 1. The summed E-state index contributed by atoms with van der Waals surface area (Å²) in [5.41, 5.74) is 2.54. The van der Waals surface area contributed by atoms with Gasteiger partial charge in [0.1, 0.15) is 12.1 Å². The molecule has 3 aliphatic rings. The molecule has 0 aromatic heterocycles. The van der Waals surface area contributed by atoms with Crippen LogP contribution in [0.4, 0.5) is 5.69 Å². The Morgan fingerprint density at radius 2 is 1.89 bits per heavy atom. The number of benzene rings is 1. The van der Waals surface area contributed by atoms with Crippen molar-refractivity contribution in [2.75, 3.05) is 18.0 Å². The molecule has 3 aliphatic heterocycles. The van der Waals surface area contributed by atoms with Gasteiger partial charge in [-0.2, -0.15) is 0 Å². The van der Waals surface area contributed by atoms with Gasteiger partial charge in [0.2, 0.25) is 11.8 Å². The van der Waals surface area contributed by atoms with E-state index in [0.717, 1.165) is 37.2 Å². The molecular weight excluding hydrogens is 362 g/mol. The summed E-state index contributed by atoms with van der Waals surface area (Å²) < 4.78 is 5.28. The number of imide groups is 1. The average Bonchev–Trinajstić information content (AvgIpc) is 2.98. The zero-order chi connectivity index (χ0) is 19.8. The Hall–Kier alpha value is -2.90. The summed E-state index contributed by atoms with van der Waals surface area (Å²) in [5.74, 6) is -1.09. The first-order valence-electron chi connectivity index (χ1n) is 9.62. The Morgan fingerprint density at radius 3 is 2.57 bits per heavy atom. The van der Waals surface area contributed by atoms with Gasteiger partial charge in [0.25, 0.3) is 5.91 Å². The maximum absolute atomic E-state index is 12.8. The van der Waals surface area contributed by atoms with Gasteiger partial charge < -0.3 is 14.5 Å². The second kappa shape index (κ2) is 7.26. The van der Waals surface area contributed by atoms with Crippen LogP contribution in [0.5, 0.6) is 0 Å². The molecule has 148 valence electrons. The van der Waals surface area contributed by atoms with E-state index < -0.39 is 11.9 Å². The lowest BCUT2D eigenvalue weighted by molar-refractivity contribution is -0.147. The van der Waals surface area contributed by atoms with Crippen molar-refractivity contribution in [3.63, 3.8) is 0 Å². The van der Waals surface area contributed by atoms with Gasteiger partial charge in [0.15, 0.2) is 0 Å². The van der Waals surface area contributed by atoms with Gasteiger partial charge >= 0.3 is 5.97 Å². The fourth-order valence-electron chi connectivity index (χ4n) is 4.22. The highest BCUT2D eigenvalue weighted by Crippen LogP contribution is 2.31. The molecule has 2 saturated heterocycles. The maximum Gasteiger partial charge on any atom is 0.302 e. The third-order valence-corrected chi connectivity index (χ3v) is 5.65. The van der Waals surface area contributed by atoms with Crippen LogP contribution in [-0.4, -0.2) is 53.8 Å². The molecule has 1 aromatic rings. The lowest BCUT2D eigenvalue weighted by atomic mass is 10.0. The minimum Gasteiger partial charge on any atom is -0.462 e. The van der Waals surface area contributed by atoms with Crippen LogP contribution in [0, 0.1) is 0 Å². The predicted molar refractivity (Wildman–Crippen MR) is 99.5 cm³/mol. The van der Waals surface area contributed by atoms with Crippen molar-refractivity contribution in [1.29, 1.82) is 0 Å². The van der Waals surface area contributed by atoms with Crippen molar-refractivity contribution < 1.29 is 23.9 Å². The van der Waals surface area contributed by atoms with Crippen molar-refractivity contribution >= 4 is 29.4 Å². The van der Waals surface area contributed by atoms with Crippen LogP contribution in [0.2, 0.25) is 0 Å². The second-order valence-corrected chi connectivity index (χ2v) is 7.54. The van der Waals surface area contributed by atoms with E-state index in [1.165, 1.54) is 6.92 Å². The highest BCUT2D eigenvalue weighted by molar-refractivity contribution is 6.05. The number of carbonyl (C=O) groups excluding carboxylic acids is 4. The Labute approximate surface area is 162 Å². The summed E-state index contributed by atoms with van der Waals surface area (Å²) in [6, 6.07) is 5.15. The van der Waals surface area contributed by atoms with Crippen LogP contribution in [0.15, 0.2) is 18.2 Å². The van der Waals surface area contributed by atoms with Crippen LogP contribution in [0.3, 0.4) is 0 Å². The van der Waals surface area contributed by atoms with E-state index in [4.69, 9.17) is 4.74 Å². The summed E-state index contributed by atoms with van der Waals surface area (Å²) in [5, 5.41) is 2.32. The number of rotatable bonds is 3. The zero-order valence-electron chi connectivity index (χ0n) is 15.8. The fourth-order valence-corrected chi connectivity index (χ4v) is 4.22. The van der Waals surface area contributed by atoms with Crippen LogP contribution < -0.4 is 10.2 Å². The highest BCUT2D eigenvalue weighted by atomic mass is 16.5. The Morgan fingerprint density at radius 1 is 1.14 bits per heavy atom. The smallest absolute Gasteiger partial charge is 0.302 e. The van der Waals surface area contributed by atoms with Crippen molar-refractivity contribution in [2.45, 2.75) is 51.3 Å². The molecule has 28 heavy (non-hydrogen) atoms. The van der Waals surface area contributed by atoms with Gasteiger partial charge in [0, 0.05) is 57.1 Å². The van der Waals surface area contributed by atoms with Gasteiger partial charge in [0.05, 0.1) is 0 Å². The van der Waals surface area contributed by atoms with Gasteiger partial charge in [-0.05, 0) is 30.2 Å². The maximum atomic E-state index is 12.8. The molecule has 0 spiro atoms. The van der Waals surface area contributed by atoms with Crippen molar-refractivity contribution in [2.24, 2.45) is 0 Å². The molecule has 1 atom stereocenters. The summed E-state index contributed by atoms with van der Waals surface area (Å²) in [7, 11) is 0. The van der Waals surface area contributed by atoms with Crippen molar-refractivity contribution in [3.8, 4) is 0 Å². The third kappa shape index (κ3) is 3.46. The van der Waals surface area contributed by atoms with Gasteiger partial charge in [-0.1, -0.05) is 0 Å². The molecule has 1 N–H and O–H groups in total. The lowest BCUT2D eigenvalue weighted by Gasteiger charge is -2.33. The molecular formula is C20H23N3O5. The molecule has 0 radical (unpaired) electrons. The summed E-state index contributed by atoms with van der Waals surface area (Å²) in [6.45, 7) is 3.36. The highest BCUT2D eigenvalue weighted by Gasteiger charge is 2.39. The second-order valence-electron chi connectivity index (χ2n) is 7.54. The molecule has 0 saturated carbocycles. The number of fused-ring (bicyclic) bond motifs is 1. The fraction of sp³-hybridized carbons (Fsp3) is 0.500. The minimum absolute atomic E-state index is 0.0345. The van der Waals surface area contributed by atoms with E-state index >= 15 is 0 Å². The molecule has 2 fully saturated rings. The van der Waals surface area contributed by atoms with Gasteiger partial charge in [-0.15, -0.1) is 0 Å². The SMILES string of the molecule is CC(=O)OC1CCN(c2ccc3c(c2)CN(C2CCC(=O)NC2=O)C3=O)CC1. The van der Waals surface area contributed by atoms with Crippen LogP contribution >= 0.6 is 0 Å². The molecule has 4 rings (SSSR count). The van der Waals surface area contributed by atoms with E-state index in [0.29, 0.717) is 18.5 Å². The standard InChI is InChI=1S/C20H23N3O5/c1-12(24)28-15-6-8-22(9-7-15)14-2-3-16-13(10-14)11-23(20(16)27)17-4-5-18(25)21-19(17)26/h2-3,10,15,17H,4-9,11H2,1H3,(H,21,25,26). The number of nitrogens with one attached hydrogen (secondary N) is 1. The first-order chi connectivity index (χ1) is 13.4. The third-order valence-electron chi connectivity index (χ3n) is 5.65. The number of piperidine rings is 2. The van der Waals surface area contributed by atoms with Crippen molar-refractivity contribution in [1.82, 2.24) is 10.2 Å². The number of esters is 1. The van der Waals surface area contributed by atoms with E-state index in [9.17, 15) is 19.2 Å². The topological polar surface area (TPSA) is 96.0 Å². The van der Waals surface area contributed by atoms with Crippen LogP contribution in [0.25, 0.3) is 0 Å². The Balaban J connectivity index is 1.45. The molecule has 3 amide bonds. The molecule has 3 heterocycles. The zero-order valence-corrected chi connectivity index (χ0v) is 15.8. The molecule has 1 unspecified atom stereocenters. The van der Waals surface area contributed by atoms with E-state index in [2.05, 4.69) is 10.2 Å². The van der Waals surface area contributed by atoms with Crippen molar-refractivity contribution in [3.05, 3.63) is 29.3 Å². The van der Waals surface area contributed by atoms with Gasteiger partial charge in [-0.3, -0.25) is 24.5 Å². The Bertz CT molecular complexity index is 844. The summed E-state index contributed by atoms with van der Waals surface area (Å²) in [6.07, 6.45) is 2.13. The largest absolute Gasteiger partial charge is 0.462 e.